The fourth-order valence-corrected chi connectivity index (χ4v) is 3.97. The van der Waals surface area contributed by atoms with Gasteiger partial charge in [0, 0.05) is 12.5 Å². The molecule has 1 unspecified atom stereocenters. The van der Waals surface area contributed by atoms with Crippen LogP contribution in [0.15, 0.2) is 29.2 Å². The Bertz CT molecular complexity index is 778. The van der Waals surface area contributed by atoms with Gasteiger partial charge in [-0.15, -0.1) is 0 Å². The van der Waals surface area contributed by atoms with Crippen LogP contribution in [0.3, 0.4) is 0 Å². The molecule has 2 aromatic rings. The summed E-state index contributed by atoms with van der Waals surface area (Å²) in [4.78, 5) is 0.158. The van der Waals surface area contributed by atoms with E-state index < -0.39 is 10.0 Å². The summed E-state index contributed by atoms with van der Waals surface area (Å²) < 4.78 is 24.9. The maximum Gasteiger partial charge on any atom is 0.241 e. The molecular weight excluding hydrogens is 274 g/mol. The minimum atomic E-state index is -3.71. The monoisotopic (exact) mass is 291 g/mol. The van der Waals surface area contributed by atoms with Gasteiger partial charge in [0.05, 0.1) is 11.4 Å². The standard InChI is InChI=1S/C14H17N3O2S/c1-9-14(20(15,18)19)10(2)17(16-9)8-12-7-11-5-3-4-6-13(11)12/h3-6,12H,7-8H2,1-2H3,(H2,15,18,19). The van der Waals surface area contributed by atoms with Crippen molar-refractivity contribution < 1.29 is 8.42 Å². The van der Waals surface area contributed by atoms with Gasteiger partial charge < -0.3 is 0 Å². The Kier molecular flexibility index (Phi) is 2.95. The van der Waals surface area contributed by atoms with Crippen molar-refractivity contribution in [2.24, 2.45) is 5.14 Å². The molecule has 0 fully saturated rings. The lowest BCUT2D eigenvalue weighted by molar-refractivity contribution is 0.465. The molecule has 0 saturated carbocycles. The predicted octanol–water partition coefficient (Wildman–Crippen LogP) is 1.49. The van der Waals surface area contributed by atoms with Crippen molar-refractivity contribution in [2.75, 3.05) is 0 Å². The number of rotatable bonds is 3. The summed E-state index contributed by atoms with van der Waals surface area (Å²) in [6, 6.07) is 8.32. The van der Waals surface area contributed by atoms with Crippen molar-refractivity contribution in [1.29, 1.82) is 0 Å². The van der Waals surface area contributed by atoms with Crippen LogP contribution < -0.4 is 5.14 Å². The third-order valence-electron chi connectivity index (χ3n) is 3.95. The topological polar surface area (TPSA) is 78.0 Å². The number of fused-ring (bicyclic) bond motifs is 1. The first-order valence-electron chi connectivity index (χ1n) is 6.52. The highest BCUT2D eigenvalue weighted by Crippen LogP contribution is 2.36. The molecule has 1 heterocycles. The Morgan fingerprint density at radius 3 is 2.65 bits per heavy atom. The van der Waals surface area contributed by atoms with Crippen LogP contribution in [0.5, 0.6) is 0 Å². The largest absolute Gasteiger partial charge is 0.268 e. The molecule has 1 aromatic heterocycles. The van der Waals surface area contributed by atoms with Gasteiger partial charge >= 0.3 is 0 Å². The van der Waals surface area contributed by atoms with Gasteiger partial charge in [-0.1, -0.05) is 24.3 Å². The number of nitrogens with zero attached hydrogens (tertiary/aromatic N) is 2. The number of nitrogens with two attached hydrogens (primary N) is 1. The second kappa shape index (κ2) is 4.43. The van der Waals surface area contributed by atoms with E-state index >= 15 is 0 Å². The highest BCUT2D eigenvalue weighted by Gasteiger charge is 2.28. The van der Waals surface area contributed by atoms with Crippen molar-refractivity contribution in [1.82, 2.24) is 9.78 Å². The van der Waals surface area contributed by atoms with E-state index in [1.54, 1.807) is 18.5 Å². The maximum atomic E-state index is 11.6. The van der Waals surface area contributed by atoms with Crippen LogP contribution in [0.2, 0.25) is 0 Å². The van der Waals surface area contributed by atoms with E-state index in [-0.39, 0.29) is 4.90 Å². The Labute approximate surface area is 118 Å². The summed E-state index contributed by atoms with van der Waals surface area (Å²) in [6.07, 6.45) is 1.01. The van der Waals surface area contributed by atoms with Crippen molar-refractivity contribution in [3.05, 3.63) is 46.8 Å². The Morgan fingerprint density at radius 1 is 1.35 bits per heavy atom. The quantitative estimate of drug-likeness (QED) is 0.930. The molecule has 20 heavy (non-hydrogen) atoms. The molecule has 106 valence electrons. The molecule has 5 nitrogen and oxygen atoms in total. The molecule has 0 saturated heterocycles. The van der Waals surface area contributed by atoms with E-state index in [1.165, 1.54) is 11.1 Å². The summed E-state index contributed by atoms with van der Waals surface area (Å²) in [5.41, 5.74) is 3.79. The highest BCUT2D eigenvalue weighted by atomic mass is 32.2. The van der Waals surface area contributed by atoms with E-state index in [1.807, 2.05) is 12.1 Å². The average Bonchev–Trinajstić information content (AvgIpc) is 2.60. The number of primary sulfonamides is 1. The highest BCUT2D eigenvalue weighted by molar-refractivity contribution is 7.89. The molecule has 6 heteroatoms. The zero-order chi connectivity index (χ0) is 14.5. The van der Waals surface area contributed by atoms with Gasteiger partial charge in [0.1, 0.15) is 4.90 Å². The third-order valence-corrected chi connectivity index (χ3v) is 5.11. The molecule has 0 aliphatic heterocycles. The van der Waals surface area contributed by atoms with E-state index in [0.717, 1.165) is 6.42 Å². The van der Waals surface area contributed by atoms with Crippen LogP contribution in [-0.2, 0) is 23.0 Å². The zero-order valence-corrected chi connectivity index (χ0v) is 12.3. The maximum absolute atomic E-state index is 11.6. The third kappa shape index (κ3) is 2.05. The lowest BCUT2D eigenvalue weighted by Crippen LogP contribution is -2.23. The molecular formula is C14H17N3O2S. The zero-order valence-electron chi connectivity index (χ0n) is 11.5. The van der Waals surface area contributed by atoms with Gasteiger partial charge in [0.15, 0.2) is 0 Å². The van der Waals surface area contributed by atoms with Gasteiger partial charge in [-0.2, -0.15) is 5.10 Å². The summed E-state index contributed by atoms with van der Waals surface area (Å²) in [7, 11) is -3.71. The van der Waals surface area contributed by atoms with Gasteiger partial charge in [0.25, 0.3) is 0 Å². The fraction of sp³-hybridized carbons (Fsp3) is 0.357. The van der Waals surface area contributed by atoms with E-state index in [4.69, 9.17) is 5.14 Å². The first kappa shape index (κ1) is 13.3. The van der Waals surface area contributed by atoms with Gasteiger partial charge in [-0.25, -0.2) is 13.6 Å². The van der Waals surface area contributed by atoms with Crippen molar-refractivity contribution in [2.45, 2.75) is 37.6 Å². The molecule has 2 N–H and O–H groups in total. The number of aromatic nitrogens is 2. The number of sulfonamides is 1. The Balaban J connectivity index is 1.91. The van der Waals surface area contributed by atoms with Gasteiger partial charge in [-0.3, -0.25) is 4.68 Å². The minimum Gasteiger partial charge on any atom is -0.268 e. The van der Waals surface area contributed by atoms with Crippen LogP contribution >= 0.6 is 0 Å². The van der Waals surface area contributed by atoms with Crippen molar-refractivity contribution in [3.8, 4) is 0 Å². The van der Waals surface area contributed by atoms with E-state index in [0.29, 0.717) is 23.9 Å². The smallest absolute Gasteiger partial charge is 0.241 e. The first-order chi connectivity index (χ1) is 9.38. The number of hydrogen-bond donors (Lipinski definition) is 1. The van der Waals surface area contributed by atoms with Crippen LogP contribution in [0.1, 0.15) is 28.4 Å². The summed E-state index contributed by atoms with van der Waals surface area (Å²) >= 11 is 0. The van der Waals surface area contributed by atoms with Crippen LogP contribution in [-0.4, -0.2) is 18.2 Å². The lowest BCUT2D eigenvalue weighted by atomic mass is 9.77. The molecule has 0 radical (unpaired) electrons. The molecule has 1 aliphatic rings. The minimum absolute atomic E-state index is 0.158. The Morgan fingerprint density at radius 2 is 2.05 bits per heavy atom. The fourth-order valence-electron chi connectivity index (χ4n) is 3.00. The molecule has 0 amide bonds. The molecule has 1 atom stereocenters. The lowest BCUT2D eigenvalue weighted by Gasteiger charge is -2.30. The second-order valence-electron chi connectivity index (χ2n) is 5.33. The Hall–Kier alpha value is -1.66. The summed E-state index contributed by atoms with van der Waals surface area (Å²) in [5, 5.41) is 9.57. The van der Waals surface area contributed by atoms with Crippen molar-refractivity contribution in [3.63, 3.8) is 0 Å². The van der Waals surface area contributed by atoms with Crippen LogP contribution in [0.25, 0.3) is 0 Å². The number of benzene rings is 1. The van der Waals surface area contributed by atoms with E-state index in [9.17, 15) is 8.42 Å². The van der Waals surface area contributed by atoms with Gasteiger partial charge in [0.2, 0.25) is 10.0 Å². The van der Waals surface area contributed by atoms with E-state index in [2.05, 4.69) is 17.2 Å². The first-order valence-corrected chi connectivity index (χ1v) is 8.07. The predicted molar refractivity (Wildman–Crippen MR) is 76.0 cm³/mol. The molecule has 1 aromatic carbocycles. The second-order valence-corrected chi connectivity index (χ2v) is 6.83. The molecule has 1 aliphatic carbocycles. The number of hydrogen-bond acceptors (Lipinski definition) is 3. The average molecular weight is 291 g/mol. The summed E-state index contributed by atoms with van der Waals surface area (Å²) in [5.74, 6) is 0.400. The molecule has 0 bridgehead atoms. The summed E-state index contributed by atoms with van der Waals surface area (Å²) in [6.45, 7) is 4.13. The number of aryl methyl sites for hydroxylation is 1. The van der Waals surface area contributed by atoms with Gasteiger partial charge in [-0.05, 0) is 31.4 Å². The molecule has 0 spiro atoms. The van der Waals surface area contributed by atoms with Crippen molar-refractivity contribution >= 4 is 10.0 Å². The molecule has 3 rings (SSSR count). The normalized spacial score (nSPS) is 17.6. The van der Waals surface area contributed by atoms with Crippen LogP contribution in [0, 0.1) is 13.8 Å². The van der Waals surface area contributed by atoms with Crippen LogP contribution in [0.4, 0.5) is 0 Å². The SMILES string of the molecule is Cc1nn(CC2Cc3ccccc32)c(C)c1S(N)(=O)=O.